The van der Waals surface area contributed by atoms with E-state index < -0.39 is 23.2 Å². The Hall–Kier alpha value is -3.22. The maximum Gasteiger partial charge on any atom is 0.340 e. The first-order valence-corrected chi connectivity index (χ1v) is 8.61. The molecular weight excluding hydrogens is 346 g/mol. The molecule has 1 aromatic carbocycles. The number of nitrogens with zero attached hydrogens (tertiary/aromatic N) is 1. The molecule has 142 valence electrons. The summed E-state index contributed by atoms with van der Waals surface area (Å²) in [6.07, 6.45) is 3.26. The molecule has 2 aromatic rings. The molecule has 0 unspecified atom stereocenters. The number of carbonyl (C=O) groups excluding carboxylic acids is 3. The zero-order valence-corrected chi connectivity index (χ0v) is 15.6. The fourth-order valence-electron chi connectivity index (χ4n) is 2.26. The van der Waals surface area contributed by atoms with E-state index in [0.29, 0.717) is 5.69 Å². The quantitative estimate of drug-likeness (QED) is 0.577. The van der Waals surface area contributed by atoms with E-state index in [0.717, 1.165) is 5.56 Å². The number of nitrogens with one attached hydrogen (secondary N) is 2. The highest BCUT2D eigenvalue weighted by molar-refractivity contribution is 6.11. The highest BCUT2D eigenvalue weighted by atomic mass is 16.5. The van der Waals surface area contributed by atoms with Gasteiger partial charge in [0.25, 0.3) is 0 Å². The number of para-hydroxylation sites is 1. The Balaban J connectivity index is 2.07. The van der Waals surface area contributed by atoms with Gasteiger partial charge in [0.15, 0.2) is 0 Å². The summed E-state index contributed by atoms with van der Waals surface area (Å²) in [5.74, 6) is -1.48. The SMILES string of the molecule is CCOC(=O)c1ccccc1NC(=O)C(C)(C)C(=O)NCc1ccncc1. The van der Waals surface area contributed by atoms with Gasteiger partial charge in [0.2, 0.25) is 11.8 Å². The molecule has 0 bridgehead atoms. The summed E-state index contributed by atoms with van der Waals surface area (Å²) in [6, 6.07) is 10.1. The van der Waals surface area contributed by atoms with Crippen LogP contribution in [0.5, 0.6) is 0 Å². The molecule has 0 aliphatic rings. The fraction of sp³-hybridized carbons (Fsp3) is 0.300. The molecule has 0 fully saturated rings. The third-order valence-corrected chi connectivity index (χ3v) is 4.01. The van der Waals surface area contributed by atoms with Gasteiger partial charge in [0, 0.05) is 18.9 Å². The van der Waals surface area contributed by atoms with Gasteiger partial charge in [-0.1, -0.05) is 12.1 Å². The van der Waals surface area contributed by atoms with Crippen molar-refractivity contribution in [1.29, 1.82) is 0 Å². The molecule has 0 saturated heterocycles. The smallest absolute Gasteiger partial charge is 0.340 e. The zero-order valence-electron chi connectivity index (χ0n) is 15.6. The number of amides is 2. The zero-order chi connectivity index (χ0) is 19.9. The van der Waals surface area contributed by atoms with Crippen molar-refractivity contribution < 1.29 is 19.1 Å². The van der Waals surface area contributed by atoms with Gasteiger partial charge in [0.05, 0.1) is 17.9 Å². The van der Waals surface area contributed by atoms with Crippen molar-refractivity contribution in [3.05, 3.63) is 59.9 Å². The second-order valence-corrected chi connectivity index (χ2v) is 6.38. The first-order valence-electron chi connectivity index (χ1n) is 8.61. The number of anilines is 1. The lowest BCUT2D eigenvalue weighted by atomic mass is 9.90. The summed E-state index contributed by atoms with van der Waals surface area (Å²) in [4.78, 5) is 41.1. The number of pyridine rings is 1. The highest BCUT2D eigenvalue weighted by Gasteiger charge is 2.36. The maximum absolute atomic E-state index is 12.7. The van der Waals surface area contributed by atoms with E-state index >= 15 is 0 Å². The minimum Gasteiger partial charge on any atom is -0.462 e. The largest absolute Gasteiger partial charge is 0.462 e. The summed E-state index contributed by atoms with van der Waals surface area (Å²) < 4.78 is 5.00. The Bertz CT molecular complexity index is 819. The molecule has 0 radical (unpaired) electrons. The summed E-state index contributed by atoms with van der Waals surface area (Å²) in [6.45, 7) is 5.27. The molecule has 27 heavy (non-hydrogen) atoms. The molecule has 0 atom stereocenters. The average Bonchev–Trinajstić information content (AvgIpc) is 2.67. The van der Waals surface area contributed by atoms with Gasteiger partial charge in [-0.2, -0.15) is 0 Å². The number of ether oxygens (including phenoxy) is 1. The van der Waals surface area contributed by atoms with E-state index in [2.05, 4.69) is 15.6 Å². The number of aromatic nitrogens is 1. The van der Waals surface area contributed by atoms with E-state index in [1.807, 2.05) is 0 Å². The van der Waals surface area contributed by atoms with Crippen molar-refractivity contribution in [2.75, 3.05) is 11.9 Å². The Labute approximate surface area is 158 Å². The molecule has 2 N–H and O–H groups in total. The first-order chi connectivity index (χ1) is 12.9. The van der Waals surface area contributed by atoms with Crippen molar-refractivity contribution in [1.82, 2.24) is 10.3 Å². The number of benzene rings is 1. The fourth-order valence-corrected chi connectivity index (χ4v) is 2.26. The summed E-state index contributed by atoms with van der Waals surface area (Å²) in [5, 5.41) is 5.40. The predicted molar refractivity (Wildman–Crippen MR) is 101 cm³/mol. The van der Waals surface area contributed by atoms with Gasteiger partial charge < -0.3 is 15.4 Å². The molecule has 2 amide bonds. The van der Waals surface area contributed by atoms with Crippen LogP contribution in [0.25, 0.3) is 0 Å². The standard InChI is InChI=1S/C20H23N3O4/c1-4-27-17(24)15-7-5-6-8-16(15)23-19(26)20(2,3)18(25)22-13-14-9-11-21-12-10-14/h5-12H,4,13H2,1-3H3,(H,22,25)(H,23,26). The molecule has 0 saturated carbocycles. The number of esters is 1. The van der Waals surface area contributed by atoms with Crippen molar-refractivity contribution in [3.63, 3.8) is 0 Å². The van der Waals surface area contributed by atoms with Crippen LogP contribution in [-0.4, -0.2) is 29.4 Å². The lowest BCUT2D eigenvalue weighted by Gasteiger charge is -2.23. The molecule has 7 nitrogen and oxygen atoms in total. The Morgan fingerprint density at radius 2 is 1.70 bits per heavy atom. The van der Waals surface area contributed by atoms with Crippen LogP contribution in [-0.2, 0) is 20.9 Å². The maximum atomic E-state index is 12.7. The molecule has 0 spiro atoms. The van der Waals surface area contributed by atoms with Gasteiger partial charge in [-0.05, 0) is 50.6 Å². The van der Waals surface area contributed by atoms with Crippen molar-refractivity contribution in [3.8, 4) is 0 Å². The second kappa shape index (κ2) is 8.93. The van der Waals surface area contributed by atoms with Crippen LogP contribution < -0.4 is 10.6 Å². The van der Waals surface area contributed by atoms with E-state index in [4.69, 9.17) is 4.74 Å². The lowest BCUT2D eigenvalue weighted by Crippen LogP contribution is -2.45. The predicted octanol–water partition coefficient (Wildman–Crippen LogP) is 2.54. The van der Waals surface area contributed by atoms with E-state index in [-0.39, 0.29) is 18.7 Å². The lowest BCUT2D eigenvalue weighted by molar-refractivity contribution is -0.138. The van der Waals surface area contributed by atoms with Gasteiger partial charge >= 0.3 is 5.97 Å². The topological polar surface area (TPSA) is 97.4 Å². The van der Waals surface area contributed by atoms with Crippen molar-refractivity contribution >= 4 is 23.5 Å². The van der Waals surface area contributed by atoms with Gasteiger partial charge in [-0.15, -0.1) is 0 Å². The average molecular weight is 369 g/mol. The van der Waals surface area contributed by atoms with Crippen LogP contribution in [0.3, 0.4) is 0 Å². The molecule has 1 aromatic heterocycles. The monoisotopic (exact) mass is 369 g/mol. The Morgan fingerprint density at radius 1 is 1.04 bits per heavy atom. The van der Waals surface area contributed by atoms with Gasteiger partial charge in [0.1, 0.15) is 5.41 Å². The van der Waals surface area contributed by atoms with Crippen LogP contribution in [0.15, 0.2) is 48.8 Å². The second-order valence-electron chi connectivity index (χ2n) is 6.38. The summed E-state index contributed by atoms with van der Waals surface area (Å²) in [7, 11) is 0. The molecule has 7 heteroatoms. The van der Waals surface area contributed by atoms with E-state index in [1.54, 1.807) is 55.7 Å². The highest BCUT2D eigenvalue weighted by Crippen LogP contribution is 2.22. The van der Waals surface area contributed by atoms with Crippen LogP contribution in [0, 0.1) is 5.41 Å². The minimum absolute atomic E-state index is 0.226. The first kappa shape index (κ1) is 20.1. The molecule has 0 aliphatic carbocycles. The Morgan fingerprint density at radius 3 is 2.37 bits per heavy atom. The normalized spacial score (nSPS) is 10.8. The number of rotatable bonds is 7. The van der Waals surface area contributed by atoms with E-state index in [9.17, 15) is 14.4 Å². The third-order valence-electron chi connectivity index (χ3n) is 4.01. The third kappa shape index (κ3) is 5.13. The van der Waals surface area contributed by atoms with Crippen molar-refractivity contribution in [2.24, 2.45) is 5.41 Å². The number of hydrogen-bond acceptors (Lipinski definition) is 5. The Kier molecular flexibility index (Phi) is 6.65. The summed E-state index contributed by atoms with van der Waals surface area (Å²) >= 11 is 0. The van der Waals surface area contributed by atoms with Gasteiger partial charge in [-0.25, -0.2) is 4.79 Å². The van der Waals surface area contributed by atoms with Crippen LogP contribution in [0.4, 0.5) is 5.69 Å². The molecule has 0 aliphatic heterocycles. The number of carbonyl (C=O) groups is 3. The molecular formula is C20H23N3O4. The molecule has 2 rings (SSSR count). The van der Waals surface area contributed by atoms with Gasteiger partial charge in [-0.3, -0.25) is 14.6 Å². The van der Waals surface area contributed by atoms with Crippen molar-refractivity contribution in [2.45, 2.75) is 27.3 Å². The summed E-state index contributed by atoms with van der Waals surface area (Å²) in [5.41, 5.74) is 0.0771. The van der Waals surface area contributed by atoms with Crippen LogP contribution in [0.2, 0.25) is 0 Å². The van der Waals surface area contributed by atoms with Crippen LogP contribution in [0.1, 0.15) is 36.7 Å². The number of hydrogen-bond donors (Lipinski definition) is 2. The van der Waals surface area contributed by atoms with Crippen LogP contribution >= 0.6 is 0 Å². The molecule has 1 heterocycles. The van der Waals surface area contributed by atoms with E-state index in [1.165, 1.54) is 13.8 Å². The minimum atomic E-state index is -1.34.